The quantitative estimate of drug-likeness (QED) is 0.775. The summed E-state index contributed by atoms with van der Waals surface area (Å²) in [5.74, 6) is 0. The molecule has 0 atom stereocenters. The number of methoxy groups -OCH3 is 2. The summed E-state index contributed by atoms with van der Waals surface area (Å²) in [4.78, 5) is 13.7. The van der Waals surface area contributed by atoms with E-state index in [1.54, 1.807) is 19.1 Å². The molecule has 0 bridgehead atoms. The van der Waals surface area contributed by atoms with Gasteiger partial charge in [0.15, 0.2) is 0 Å². The van der Waals surface area contributed by atoms with Crippen molar-refractivity contribution in [2.75, 3.05) is 40.5 Å². The predicted octanol–water partition coefficient (Wildman–Crippen LogP) is 1.49. The summed E-state index contributed by atoms with van der Waals surface area (Å²) in [5.41, 5.74) is 1.08. The molecule has 0 saturated carbocycles. The number of nitrogens with one attached hydrogen (secondary N) is 1. The second kappa shape index (κ2) is 9.35. The molecule has 0 aliphatic carbocycles. The average molecular weight is 266 g/mol. The zero-order valence-corrected chi connectivity index (χ0v) is 11.6. The average Bonchev–Trinajstić information content (AvgIpc) is 2.46. The van der Waals surface area contributed by atoms with Gasteiger partial charge in [-0.25, -0.2) is 4.79 Å². The Morgan fingerprint density at radius 3 is 2.21 bits per heavy atom. The fourth-order valence-corrected chi connectivity index (χ4v) is 1.60. The fourth-order valence-electron chi connectivity index (χ4n) is 1.60. The third-order valence-electron chi connectivity index (χ3n) is 2.70. The highest BCUT2D eigenvalue weighted by Crippen LogP contribution is 1.98. The number of hydrogen-bond donors (Lipinski definition) is 1. The summed E-state index contributed by atoms with van der Waals surface area (Å²) in [6.07, 6.45) is 0. The molecule has 106 valence electrons. The first-order valence-electron chi connectivity index (χ1n) is 6.32. The van der Waals surface area contributed by atoms with Crippen molar-refractivity contribution in [2.24, 2.45) is 0 Å². The number of carbonyl (C=O) groups is 1. The molecule has 0 aromatic heterocycles. The molecule has 5 nitrogen and oxygen atoms in total. The molecule has 1 aromatic carbocycles. The largest absolute Gasteiger partial charge is 0.383 e. The van der Waals surface area contributed by atoms with Gasteiger partial charge in [0, 0.05) is 33.9 Å². The van der Waals surface area contributed by atoms with Gasteiger partial charge in [-0.3, -0.25) is 0 Å². The van der Waals surface area contributed by atoms with Crippen LogP contribution in [0.5, 0.6) is 0 Å². The Labute approximate surface area is 114 Å². The molecule has 0 fully saturated rings. The summed E-state index contributed by atoms with van der Waals surface area (Å²) >= 11 is 0. The van der Waals surface area contributed by atoms with Gasteiger partial charge < -0.3 is 19.7 Å². The second-order valence-electron chi connectivity index (χ2n) is 4.12. The van der Waals surface area contributed by atoms with Gasteiger partial charge in [-0.15, -0.1) is 0 Å². The minimum atomic E-state index is -0.0991. The molecule has 0 aliphatic rings. The Hall–Kier alpha value is -1.59. The van der Waals surface area contributed by atoms with Crippen molar-refractivity contribution >= 4 is 6.03 Å². The number of nitrogens with zero attached hydrogens (tertiary/aromatic N) is 1. The van der Waals surface area contributed by atoms with E-state index in [-0.39, 0.29) is 6.03 Å². The van der Waals surface area contributed by atoms with Crippen LogP contribution in [0.2, 0.25) is 0 Å². The van der Waals surface area contributed by atoms with Crippen LogP contribution in [-0.2, 0) is 16.0 Å². The number of urea groups is 1. The van der Waals surface area contributed by atoms with Crippen LogP contribution in [0.15, 0.2) is 30.3 Å². The third-order valence-corrected chi connectivity index (χ3v) is 2.70. The lowest BCUT2D eigenvalue weighted by molar-refractivity contribution is 0.122. The van der Waals surface area contributed by atoms with Gasteiger partial charge in [0.25, 0.3) is 0 Å². The highest BCUT2D eigenvalue weighted by atomic mass is 16.5. The number of rotatable bonds is 8. The van der Waals surface area contributed by atoms with Gasteiger partial charge in [0.1, 0.15) is 0 Å². The van der Waals surface area contributed by atoms with Gasteiger partial charge in [0.05, 0.1) is 13.2 Å². The first-order valence-corrected chi connectivity index (χ1v) is 6.32. The maximum atomic E-state index is 12.0. The molecule has 0 heterocycles. The minimum Gasteiger partial charge on any atom is -0.383 e. The lowest BCUT2D eigenvalue weighted by atomic mass is 10.2. The summed E-state index contributed by atoms with van der Waals surface area (Å²) in [7, 11) is 3.24. The monoisotopic (exact) mass is 266 g/mol. The first kappa shape index (κ1) is 15.5. The molecule has 1 rings (SSSR count). The zero-order valence-electron chi connectivity index (χ0n) is 11.6. The van der Waals surface area contributed by atoms with E-state index in [4.69, 9.17) is 9.47 Å². The molecule has 1 N–H and O–H groups in total. The minimum absolute atomic E-state index is 0.0991. The zero-order chi connectivity index (χ0) is 13.9. The summed E-state index contributed by atoms with van der Waals surface area (Å²) in [5, 5.41) is 2.89. The van der Waals surface area contributed by atoms with E-state index < -0.39 is 0 Å². The smallest absolute Gasteiger partial charge is 0.317 e. The number of benzene rings is 1. The molecular weight excluding hydrogens is 244 g/mol. The Bertz CT molecular complexity index is 349. The Kier molecular flexibility index (Phi) is 7.62. The molecule has 0 saturated heterocycles. The van der Waals surface area contributed by atoms with Crippen molar-refractivity contribution in [1.82, 2.24) is 10.2 Å². The lowest BCUT2D eigenvalue weighted by Crippen LogP contribution is -2.43. The molecule has 5 heteroatoms. The van der Waals surface area contributed by atoms with Crippen LogP contribution in [0.1, 0.15) is 5.56 Å². The standard InChI is InChI=1S/C14H22N2O3/c1-18-10-8-16(9-11-19-2)14(17)15-12-13-6-4-3-5-7-13/h3-7H,8-12H2,1-2H3,(H,15,17). The Balaban J connectivity index is 2.41. The molecule has 0 radical (unpaired) electrons. The lowest BCUT2D eigenvalue weighted by Gasteiger charge is -2.22. The van der Waals surface area contributed by atoms with Gasteiger partial charge in [-0.1, -0.05) is 30.3 Å². The van der Waals surface area contributed by atoms with Crippen molar-refractivity contribution in [3.8, 4) is 0 Å². The highest BCUT2D eigenvalue weighted by Gasteiger charge is 2.12. The summed E-state index contributed by atoms with van der Waals surface area (Å²) < 4.78 is 10.0. The first-order chi connectivity index (χ1) is 9.27. The van der Waals surface area contributed by atoms with E-state index in [0.717, 1.165) is 5.56 Å². The SMILES string of the molecule is COCCN(CCOC)C(=O)NCc1ccccc1. The van der Waals surface area contributed by atoms with Crippen LogP contribution in [0.25, 0.3) is 0 Å². The predicted molar refractivity (Wildman–Crippen MR) is 74.0 cm³/mol. The van der Waals surface area contributed by atoms with Crippen molar-refractivity contribution in [1.29, 1.82) is 0 Å². The maximum absolute atomic E-state index is 12.0. The van der Waals surface area contributed by atoms with E-state index in [1.807, 2.05) is 30.3 Å². The number of ether oxygens (including phenoxy) is 2. The van der Waals surface area contributed by atoms with Crippen LogP contribution in [0.4, 0.5) is 4.79 Å². The number of carbonyl (C=O) groups excluding carboxylic acids is 1. The normalized spacial score (nSPS) is 10.2. The van der Waals surface area contributed by atoms with Gasteiger partial charge in [0.2, 0.25) is 0 Å². The topological polar surface area (TPSA) is 50.8 Å². The fraction of sp³-hybridized carbons (Fsp3) is 0.500. The maximum Gasteiger partial charge on any atom is 0.317 e. The van der Waals surface area contributed by atoms with Crippen molar-refractivity contribution in [2.45, 2.75) is 6.54 Å². The molecule has 1 aromatic rings. The number of hydrogen-bond acceptors (Lipinski definition) is 3. The molecule has 0 spiro atoms. The van der Waals surface area contributed by atoms with E-state index in [0.29, 0.717) is 32.8 Å². The molecule has 2 amide bonds. The summed E-state index contributed by atoms with van der Waals surface area (Å²) in [6, 6.07) is 9.72. The van der Waals surface area contributed by atoms with Crippen molar-refractivity contribution in [3.63, 3.8) is 0 Å². The van der Waals surface area contributed by atoms with E-state index in [9.17, 15) is 4.79 Å². The van der Waals surface area contributed by atoms with Crippen LogP contribution in [0.3, 0.4) is 0 Å². The van der Waals surface area contributed by atoms with Crippen LogP contribution >= 0.6 is 0 Å². The third kappa shape index (κ3) is 6.22. The van der Waals surface area contributed by atoms with E-state index in [2.05, 4.69) is 5.32 Å². The van der Waals surface area contributed by atoms with Crippen LogP contribution < -0.4 is 5.32 Å². The Morgan fingerprint density at radius 2 is 1.68 bits per heavy atom. The van der Waals surface area contributed by atoms with Crippen molar-refractivity contribution in [3.05, 3.63) is 35.9 Å². The van der Waals surface area contributed by atoms with Gasteiger partial charge in [-0.2, -0.15) is 0 Å². The molecular formula is C14H22N2O3. The second-order valence-corrected chi connectivity index (χ2v) is 4.12. The Morgan fingerprint density at radius 1 is 1.11 bits per heavy atom. The van der Waals surface area contributed by atoms with Crippen LogP contribution in [0, 0.1) is 0 Å². The van der Waals surface area contributed by atoms with Crippen molar-refractivity contribution < 1.29 is 14.3 Å². The van der Waals surface area contributed by atoms with Gasteiger partial charge in [-0.05, 0) is 5.56 Å². The van der Waals surface area contributed by atoms with E-state index in [1.165, 1.54) is 0 Å². The van der Waals surface area contributed by atoms with Gasteiger partial charge >= 0.3 is 6.03 Å². The molecule has 0 aliphatic heterocycles. The van der Waals surface area contributed by atoms with Crippen LogP contribution in [-0.4, -0.2) is 51.5 Å². The van der Waals surface area contributed by atoms with E-state index >= 15 is 0 Å². The summed E-state index contributed by atoms with van der Waals surface area (Å²) in [6.45, 7) is 2.67. The number of amides is 2. The molecule has 19 heavy (non-hydrogen) atoms. The highest BCUT2D eigenvalue weighted by molar-refractivity contribution is 5.74. The molecule has 0 unspecified atom stereocenters.